The van der Waals surface area contributed by atoms with E-state index in [1.54, 1.807) is 6.33 Å². The molecule has 0 spiro atoms. The van der Waals surface area contributed by atoms with Gasteiger partial charge in [-0.1, -0.05) is 12.1 Å². The van der Waals surface area contributed by atoms with E-state index in [0.29, 0.717) is 0 Å². The molecule has 122 valence electrons. The second-order valence-electron chi connectivity index (χ2n) is 5.96. The van der Waals surface area contributed by atoms with Gasteiger partial charge in [0.1, 0.15) is 12.1 Å². The first-order valence-electron chi connectivity index (χ1n) is 7.83. The van der Waals surface area contributed by atoms with E-state index in [1.807, 2.05) is 12.1 Å². The number of rotatable bonds is 3. The van der Waals surface area contributed by atoms with Crippen molar-refractivity contribution in [3.05, 3.63) is 30.1 Å². The molecular weight excluding hydrogens is 294 g/mol. The molecule has 0 bridgehead atoms. The van der Waals surface area contributed by atoms with Crippen LogP contribution >= 0.6 is 0 Å². The van der Waals surface area contributed by atoms with Gasteiger partial charge in [0.15, 0.2) is 6.10 Å². The summed E-state index contributed by atoms with van der Waals surface area (Å²) in [6.45, 7) is 3.56. The van der Waals surface area contributed by atoms with Gasteiger partial charge >= 0.3 is 5.97 Å². The molecule has 1 atom stereocenters. The summed E-state index contributed by atoms with van der Waals surface area (Å²) in [5, 5.41) is 11.1. The fourth-order valence-corrected chi connectivity index (χ4v) is 3.24. The molecule has 0 radical (unpaired) electrons. The van der Waals surface area contributed by atoms with Crippen molar-refractivity contribution in [1.29, 1.82) is 0 Å². The van der Waals surface area contributed by atoms with E-state index in [4.69, 9.17) is 0 Å². The summed E-state index contributed by atoms with van der Waals surface area (Å²) in [6.07, 6.45) is 2.01. The van der Waals surface area contributed by atoms with Crippen molar-refractivity contribution in [2.45, 2.75) is 25.9 Å². The zero-order valence-corrected chi connectivity index (χ0v) is 13.4. The summed E-state index contributed by atoms with van der Waals surface area (Å²) in [4.78, 5) is 22.5. The maximum atomic E-state index is 11.5. The summed E-state index contributed by atoms with van der Waals surface area (Å²) in [6, 6.07) is 6.04. The number of nitrogens with zero attached hydrogens (tertiary/aromatic N) is 3. The Kier molecular flexibility index (Phi) is 4.43. The number of aliphatic hydroxyl groups excluding tert-OH is 1. The maximum absolute atomic E-state index is 11.5. The summed E-state index contributed by atoms with van der Waals surface area (Å²) in [5.74, 6) is 0.318. The molecule has 2 aromatic rings. The van der Waals surface area contributed by atoms with Crippen LogP contribution < -0.4 is 4.90 Å². The molecule has 1 unspecified atom stereocenters. The minimum Gasteiger partial charge on any atom is -0.467 e. The standard InChI is InChI=1S/C17H21N3O3/c1-11-4-3-5-13-14(11)16(19-10-18-13)20-8-6-12(7-9-20)15(21)17(22)23-2/h3-5,10,12,15,21H,6-9H2,1-2H3. The van der Waals surface area contributed by atoms with Crippen LogP contribution in [0.3, 0.4) is 0 Å². The molecule has 1 aliphatic rings. The van der Waals surface area contributed by atoms with E-state index in [2.05, 4.69) is 32.6 Å². The van der Waals surface area contributed by atoms with Gasteiger partial charge in [0, 0.05) is 18.5 Å². The zero-order valence-electron chi connectivity index (χ0n) is 13.4. The van der Waals surface area contributed by atoms with Crippen LogP contribution in [0, 0.1) is 12.8 Å². The van der Waals surface area contributed by atoms with E-state index in [-0.39, 0.29) is 5.92 Å². The monoisotopic (exact) mass is 315 g/mol. The zero-order chi connectivity index (χ0) is 16.4. The minimum atomic E-state index is -1.04. The number of aromatic nitrogens is 2. The second kappa shape index (κ2) is 6.50. The molecule has 0 aliphatic carbocycles. The maximum Gasteiger partial charge on any atom is 0.334 e. The quantitative estimate of drug-likeness (QED) is 0.869. The summed E-state index contributed by atoms with van der Waals surface area (Å²) >= 11 is 0. The van der Waals surface area contributed by atoms with Crippen molar-refractivity contribution in [3.63, 3.8) is 0 Å². The van der Waals surface area contributed by atoms with Gasteiger partial charge in [0.25, 0.3) is 0 Å². The first-order valence-corrected chi connectivity index (χ1v) is 7.83. The second-order valence-corrected chi connectivity index (χ2v) is 5.96. The van der Waals surface area contributed by atoms with E-state index < -0.39 is 12.1 Å². The molecule has 1 fully saturated rings. The number of aryl methyl sites for hydroxylation is 1. The van der Waals surface area contributed by atoms with Crippen molar-refractivity contribution in [3.8, 4) is 0 Å². The smallest absolute Gasteiger partial charge is 0.334 e. The molecule has 3 rings (SSSR count). The molecule has 1 aromatic carbocycles. The highest BCUT2D eigenvalue weighted by Crippen LogP contribution is 2.30. The van der Waals surface area contributed by atoms with Crippen LogP contribution in [0.5, 0.6) is 0 Å². The number of esters is 1. The fraction of sp³-hybridized carbons (Fsp3) is 0.471. The van der Waals surface area contributed by atoms with Gasteiger partial charge in [-0.05, 0) is 37.3 Å². The normalized spacial score (nSPS) is 17.3. The number of carbonyl (C=O) groups is 1. The van der Waals surface area contributed by atoms with Crippen molar-refractivity contribution in [2.75, 3.05) is 25.1 Å². The van der Waals surface area contributed by atoms with Gasteiger partial charge < -0.3 is 14.7 Å². The van der Waals surface area contributed by atoms with Crippen LogP contribution in [0.1, 0.15) is 18.4 Å². The number of hydrogen-bond donors (Lipinski definition) is 1. The molecule has 1 aliphatic heterocycles. The Labute approximate surface area is 135 Å². The third-order valence-corrected chi connectivity index (χ3v) is 4.58. The Morgan fingerprint density at radius 2 is 2.09 bits per heavy atom. The summed E-state index contributed by atoms with van der Waals surface area (Å²) in [5.41, 5.74) is 2.08. The van der Waals surface area contributed by atoms with Gasteiger partial charge in [0.2, 0.25) is 0 Å². The molecular formula is C17H21N3O3. The first kappa shape index (κ1) is 15.7. The van der Waals surface area contributed by atoms with Crippen LogP contribution in [0.15, 0.2) is 24.5 Å². The van der Waals surface area contributed by atoms with Crippen molar-refractivity contribution >= 4 is 22.7 Å². The number of benzene rings is 1. The molecule has 23 heavy (non-hydrogen) atoms. The number of fused-ring (bicyclic) bond motifs is 1. The number of piperidine rings is 1. The topological polar surface area (TPSA) is 75.6 Å². The van der Waals surface area contributed by atoms with Gasteiger partial charge in [-0.3, -0.25) is 0 Å². The van der Waals surface area contributed by atoms with Crippen LogP contribution in [0.4, 0.5) is 5.82 Å². The van der Waals surface area contributed by atoms with Crippen LogP contribution in [-0.2, 0) is 9.53 Å². The number of aliphatic hydroxyl groups is 1. The highest BCUT2D eigenvalue weighted by Gasteiger charge is 2.31. The summed E-state index contributed by atoms with van der Waals surface area (Å²) < 4.78 is 4.63. The Hall–Kier alpha value is -2.21. The Morgan fingerprint density at radius 3 is 2.78 bits per heavy atom. The Morgan fingerprint density at radius 1 is 1.35 bits per heavy atom. The Balaban J connectivity index is 1.80. The van der Waals surface area contributed by atoms with E-state index in [1.165, 1.54) is 7.11 Å². The van der Waals surface area contributed by atoms with Gasteiger partial charge in [-0.2, -0.15) is 0 Å². The molecule has 0 amide bonds. The van der Waals surface area contributed by atoms with Crippen molar-refractivity contribution < 1.29 is 14.6 Å². The lowest BCUT2D eigenvalue weighted by Gasteiger charge is -2.34. The van der Waals surface area contributed by atoms with Crippen molar-refractivity contribution in [2.24, 2.45) is 5.92 Å². The highest BCUT2D eigenvalue weighted by molar-refractivity contribution is 5.92. The van der Waals surface area contributed by atoms with E-state index >= 15 is 0 Å². The van der Waals surface area contributed by atoms with Gasteiger partial charge in [0.05, 0.1) is 12.6 Å². The summed E-state index contributed by atoms with van der Waals surface area (Å²) in [7, 11) is 1.30. The lowest BCUT2D eigenvalue weighted by Crippen LogP contribution is -2.41. The molecule has 2 heterocycles. The van der Waals surface area contributed by atoms with E-state index in [0.717, 1.165) is 48.2 Å². The minimum absolute atomic E-state index is 0.0621. The fourth-order valence-electron chi connectivity index (χ4n) is 3.24. The SMILES string of the molecule is COC(=O)C(O)C1CCN(c2ncnc3cccc(C)c23)CC1. The molecule has 0 saturated carbocycles. The Bertz CT molecular complexity index is 706. The molecule has 1 saturated heterocycles. The van der Waals surface area contributed by atoms with E-state index in [9.17, 15) is 9.90 Å². The average molecular weight is 315 g/mol. The molecule has 1 N–H and O–H groups in total. The van der Waals surface area contributed by atoms with Crippen LogP contribution in [0.25, 0.3) is 10.9 Å². The third-order valence-electron chi connectivity index (χ3n) is 4.58. The number of hydrogen-bond acceptors (Lipinski definition) is 6. The average Bonchev–Trinajstić information content (AvgIpc) is 2.60. The number of ether oxygens (including phenoxy) is 1. The number of anilines is 1. The van der Waals surface area contributed by atoms with Crippen LogP contribution in [0.2, 0.25) is 0 Å². The van der Waals surface area contributed by atoms with Crippen molar-refractivity contribution in [1.82, 2.24) is 9.97 Å². The largest absolute Gasteiger partial charge is 0.467 e. The molecule has 1 aromatic heterocycles. The predicted molar refractivity (Wildman–Crippen MR) is 87.2 cm³/mol. The molecule has 6 heteroatoms. The predicted octanol–water partition coefficient (Wildman–Crippen LogP) is 1.69. The molecule has 6 nitrogen and oxygen atoms in total. The van der Waals surface area contributed by atoms with Gasteiger partial charge in [-0.25, -0.2) is 14.8 Å². The van der Waals surface area contributed by atoms with Crippen LogP contribution in [-0.4, -0.2) is 47.3 Å². The number of carbonyl (C=O) groups excluding carboxylic acids is 1. The third kappa shape index (κ3) is 2.99. The lowest BCUT2D eigenvalue weighted by molar-refractivity contribution is -0.153. The lowest BCUT2D eigenvalue weighted by atomic mass is 9.91. The van der Waals surface area contributed by atoms with Gasteiger partial charge in [-0.15, -0.1) is 0 Å². The highest BCUT2D eigenvalue weighted by atomic mass is 16.5. The number of methoxy groups -OCH3 is 1. The first-order chi connectivity index (χ1) is 11.1.